The van der Waals surface area contributed by atoms with Gasteiger partial charge in [-0.2, -0.15) is 4.98 Å². The fourth-order valence-electron chi connectivity index (χ4n) is 2.16. The maximum absolute atomic E-state index is 11.1. The van der Waals surface area contributed by atoms with Gasteiger partial charge in [0.25, 0.3) is 0 Å². The zero-order chi connectivity index (χ0) is 15.7. The number of aromatic carboxylic acids is 1. The first-order chi connectivity index (χ1) is 10.5. The van der Waals surface area contributed by atoms with Crippen LogP contribution in [0.1, 0.15) is 20.8 Å². The molecule has 22 heavy (non-hydrogen) atoms. The number of nitrogen functional groups attached to an aromatic ring is 1. The molecule has 0 saturated carbocycles. The molecule has 6 nitrogen and oxygen atoms in total. The molecule has 0 aliphatic heterocycles. The van der Waals surface area contributed by atoms with Gasteiger partial charge < -0.3 is 16.2 Å². The maximum Gasteiger partial charge on any atom is 0.335 e. The van der Waals surface area contributed by atoms with E-state index < -0.39 is 5.97 Å². The maximum atomic E-state index is 11.1. The Morgan fingerprint density at radius 2 is 2.18 bits per heavy atom. The number of rotatable bonds is 4. The monoisotopic (exact) mass is 314 g/mol. The zero-order valence-corrected chi connectivity index (χ0v) is 12.6. The fraction of sp³-hybridized carbons (Fsp3) is 0.133. The second-order valence-corrected chi connectivity index (χ2v) is 5.85. The summed E-state index contributed by atoms with van der Waals surface area (Å²) in [5.74, 6) is -0.293. The Morgan fingerprint density at radius 1 is 1.36 bits per heavy atom. The van der Waals surface area contributed by atoms with Crippen LogP contribution in [-0.4, -0.2) is 21.0 Å². The zero-order valence-electron chi connectivity index (χ0n) is 11.8. The first kappa shape index (κ1) is 14.3. The highest BCUT2D eigenvalue weighted by molar-refractivity contribution is 7.10. The Balaban J connectivity index is 2.01. The lowest BCUT2D eigenvalue weighted by atomic mass is 10.1. The van der Waals surface area contributed by atoms with Gasteiger partial charge in [0.2, 0.25) is 5.95 Å². The quantitative estimate of drug-likeness (QED) is 0.684. The molecule has 3 rings (SSSR count). The van der Waals surface area contributed by atoms with Crippen molar-refractivity contribution in [2.45, 2.75) is 13.5 Å². The van der Waals surface area contributed by atoms with Gasteiger partial charge in [0.1, 0.15) is 5.82 Å². The third kappa shape index (κ3) is 2.71. The molecule has 0 bridgehead atoms. The van der Waals surface area contributed by atoms with Crippen LogP contribution >= 0.6 is 11.3 Å². The Kier molecular flexibility index (Phi) is 3.64. The molecule has 7 heteroatoms. The molecule has 0 aliphatic rings. The summed E-state index contributed by atoms with van der Waals surface area (Å²) in [6.45, 7) is 2.65. The van der Waals surface area contributed by atoms with E-state index in [-0.39, 0.29) is 11.5 Å². The van der Waals surface area contributed by atoms with Gasteiger partial charge >= 0.3 is 5.97 Å². The van der Waals surface area contributed by atoms with Crippen LogP contribution in [0.3, 0.4) is 0 Å². The number of thiophene rings is 1. The molecule has 0 saturated heterocycles. The van der Waals surface area contributed by atoms with Crippen molar-refractivity contribution in [2.75, 3.05) is 11.1 Å². The number of nitrogens with zero attached hydrogens (tertiary/aromatic N) is 2. The fourth-order valence-corrected chi connectivity index (χ4v) is 3.01. The van der Waals surface area contributed by atoms with E-state index in [1.807, 2.05) is 12.3 Å². The van der Waals surface area contributed by atoms with Crippen molar-refractivity contribution in [3.63, 3.8) is 0 Å². The van der Waals surface area contributed by atoms with Crippen molar-refractivity contribution in [1.82, 2.24) is 9.97 Å². The standard InChI is InChI=1S/C15H14N4O2S/c1-8-4-5-22-12(8)7-17-13-10-6-9(14(20)21)2-3-11(10)18-15(16)19-13/h2-6H,7H2,1H3,(H,20,21)(H3,16,17,18,19). The van der Waals surface area contributed by atoms with Gasteiger partial charge in [0.15, 0.2) is 0 Å². The van der Waals surface area contributed by atoms with Crippen molar-refractivity contribution < 1.29 is 9.90 Å². The molecular formula is C15H14N4O2S. The normalized spacial score (nSPS) is 10.8. The molecule has 2 aromatic heterocycles. The van der Waals surface area contributed by atoms with Crippen LogP contribution < -0.4 is 11.1 Å². The van der Waals surface area contributed by atoms with Crippen LogP contribution in [-0.2, 0) is 6.54 Å². The van der Waals surface area contributed by atoms with E-state index in [0.29, 0.717) is 23.3 Å². The van der Waals surface area contributed by atoms with E-state index in [4.69, 9.17) is 10.8 Å². The summed E-state index contributed by atoms with van der Waals surface area (Å²) in [6, 6.07) is 6.75. The van der Waals surface area contributed by atoms with Crippen LogP contribution in [0.4, 0.5) is 11.8 Å². The van der Waals surface area contributed by atoms with Crippen molar-refractivity contribution >= 4 is 40.0 Å². The summed E-state index contributed by atoms with van der Waals surface area (Å²) in [7, 11) is 0. The Hall–Kier alpha value is -2.67. The highest BCUT2D eigenvalue weighted by atomic mass is 32.1. The summed E-state index contributed by atoms with van der Waals surface area (Å²) >= 11 is 1.66. The van der Waals surface area contributed by atoms with Crippen LogP contribution in [0, 0.1) is 6.92 Å². The highest BCUT2D eigenvalue weighted by Gasteiger charge is 2.11. The minimum absolute atomic E-state index is 0.154. The lowest BCUT2D eigenvalue weighted by Crippen LogP contribution is -2.06. The Bertz CT molecular complexity index is 860. The number of carboxylic acid groups (broad SMARTS) is 1. The van der Waals surface area contributed by atoms with Crippen molar-refractivity contribution in [2.24, 2.45) is 0 Å². The Morgan fingerprint density at radius 3 is 2.86 bits per heavy atom. The van der Waals surface area contributed by atoms with E-state index in [9.17, 15) is 4.79 Å². The van der Waals surface area contributed by atoms with Crippen LogP contribution in [0.2, 0.25) is 0 Å². The summed E-state index contributed by atoms with van der Waals surface area (Å²) in [4.78, 5) is 20.7. The first-order valence-corrected chi connectivity index (χ1v) is 7.50. The summed E-state index contributed by atoms with van der Waals surface area (Å²) < 4.78 is 0. The molecule has 0 fully saturated rings. The predicted octanol–water partition coefficient (Wildman–Crippen LogP) is 2.89. The number of nitrogens with one attached hydrogen (secondary N) is 1. The number of nitrogens with two attached hydrogens (primary N) is 1. The molecule has 0 spiro atoms. The van der Waals surface area contributed by atoms with Crippen molar-refractivity contribution in [3.8, 4) is 0 Å². The topological polar surface area (TPSA) is 101 Å². The SMILES string of the molecule is Cc1ccsc1CNc1nc(N)nc2ccc(C(=O)O)cc12. The molecule has 0 radical (unpaired) electrons. The highest BCUT2D eigenvalue weighted by Crippen LogP contribution is 2.24. The average molecular weight is 314 g/mol. The minimum Gasteiger partial charge on any atom is -0.478 e. The van der Waals surface area contributed by atoms with Gasteiger partial charge in [0, 0.05) is 10.3 Å². The van der Waals surface area contributed by atoms with Gasteiger partial charge in [-0.05, 0) is 42.1 Å². The number of carboxylic acids is 1. The predicted molar refractivity (Wildman–Crippen MR) is 87.3 cm³/mol. The molecule has 4 N–H and O–H groups in total. The molecule has 3 aromatic rings. The molecule has 1 aromatic carbocycles. The van der Waals surface area contributed by atoms with Crippen LogP contribution in [0.25, 0.3) is 10.9 Å². The average Bonchev–Trinajstić information content (AvgIpc) is 2.89. The molecule has 0 amide bonds. The summed E-state index contributed by atoms with van der Waals surface area (Å²) in [6.07, 6.45) is 0. The van der Waals surface area contributed by atoms with Crippen LogP contribution in [0.5, 0.6) is 0 Å². The number of hydrogen-bond donors (Lipinski definition) is 3. The third-order valence-corrected chi connectivity index (χ3v) is 4.37. The van der Waals surface area contributed by atoms with E-state index in [1.54, 1.807) is 23.5 Å². The molecule has 2 heterocycles. The van der Waals surface area contributed by atoms with Crippen LogP contribution in [0.15, 0.2) is 29.6 Å². The van der Waals surface area contributed by atoms with Crippen molar-refractivity contribution in [1.29, 1.82) is 0 Å². The van der Waals surface area contributed by atoms with Crippen molar-refractivity contribution in [3.05, 3.63) is 45.6 Å². The van der Waals surface area contributed by atoms with Gasteiger partial charge in [0.05, 0.1) is 17.6 Å². The second-order valence-electron chi connectivity index (χ2n) is 4.85. The largest absolute Gasteiger partial charge is 0.478 e. The number of fused-ring (bicyclic) bond motifs is 1. The molecule has 0 aliphatic carbocycles. The number of benzene rings is 1. The van der Waals surface area contributed by atoms with Gasteiger partial charge in [-0.15, -0.1) is 11.3 Å². The number of carbonyl (C=O) groups is 1. The second kappa shape index (κ2) is 5.61. The lowest BCUT2D eigenvalue weighted by molar-refractivity contribution is 0.0697. The Labute approximate surface area is 130 Å². The molecule has 0 unspecified atom stereocenters. The summed E-state index contributed by atoms with van der Waals surface area (Å²) in [5, 5.41) is 15.0. The minimum atomic E-state index is -0.987. The number of aryl methyl sites for hydroxylation is 1. The third-order valence-electron chi connectivity index (χ3n) is 3.34. The number of hydrogen-bond acceptors (Lipinski definition) is 6. The molecule has 0 atom stereocenters. The first-order valence-electron chi connectivity index (χ1n) is 6.62. The van der Waals surface area contributed by atoms with E-state index in [2.05, 4.69) is 21.4 Å². The number of aromatic nitrogens is 2. The van der Waals surface area contributed by atoms with E-state index in [0.717, 1.165) is 0 Å². The molecular weight excluding hydrogens is 300 g/mol. The summed E-state index contributed by atoms with van der Waals surface area (Å²) in [5.41, 5.74) is 7.73. The number of anilines is 2. The van der Waals surface area contributed by atoms with Gasteiger partial charge in [-0.25, -0.2) is 9.78 Å². The van der Waals surface area contributed by atoms with E-state index >= 15 is 0 Å². The molecule has 112 valence electrons. The lowest BCUT2D eigenvalue weighted by Gasteiger charge is -2.10. The smallest absolute Gasteiger partial charge is 0.335 e. The van der Waals surface area contributed by atoms with Gasteiger partial charge in [-0.3, -0.25) is 0 Å². The van der Waals surface area contributed by atoms with E-state index in [1.165, 1.54) is 16.5 Å². The van der Waals surface area contributed by atoms with Gasteiger partial charge in [-0.1, -0.05) is 0 Å².